The standard InChI is InChI=1S/C19H21ClIN3O4S/c1-24(2)12-23-29(26,27)18-10-13(4-6-16(18)21)8-9-22-19(25)15-11-14(20)5-7-17(15)28-3/h4-7,10-12H,8-9H2,1-3H3,(H,22,25). The molecule has 0 aliphatic heterocycles. The zero-order valence-corrected chi connectivity index (χ0v) is 19.9. The lowest BCUT2D eigenvalue weighted by Gasteiger charge is -2.11. The smallest absolute Gasteiger partial charge is 0.284 e. The van der Waals surface area contributed by atoms with Crippen molar-refractivity contribution in [1.29, 1.82) is 0 Å². The Kier molecular flexibility index (Phi) is 8.29. The molecule has 7 nitrogen and oxygen atoms in total. The summed E-state index contributed by atoms with van der Waals surface area (Å²) in [5.41, 5.74) is 1.10. The van der Waals surface area contributed by atoms with Crippen LogP contribution in [-0.4, -0.2) is 53.3 Å². The molecule has 0 radical (unpaired) electrons. The second-order valence-electron chi connectivity index (χ2n) is 6.27. The maximum atomic E-state index is 12.5. The lowest BCUT2D eigenvalue weighted by Crippen LogP contribution is -2.26. The molecule has 1 amide bonds. The zero-order valence-electron chi connectivity index (χ0n) is 16.1. The first-order valence-corrected chi connectivity index (χ1v) is 11.4. The van der Waals surface area contributed by atoms with Gasteiger partial charge in [0.2, 0.25) is 0 Å². The van der Waals surface area contributed by atoms with Crippen LogP contribution in [0.1, 0.15) is 15.9 Å². The number of amides is 1. The first-order chi connectivity index (χ1) is 13.6. The van der Waals surface area contributed by atoms with E-state index in [-0.39, 0.29) is 10.8 Å². The molecule has 156 valence electrons. The zero-order chi connectivity index (χ0) is 21.6. The molecule has 0 aromatic heterocycles. The van der Waals surface area contributed by atoms with E-state index in [0.717, 1.165) is 5.56 Å². The maximum Gasteiger partial charge on any atom is 0.284 e. The van der Waals surface area contributed by atoms with Gasteiger partial charge in [0.1, 0.15) is 17.0 Å². The summed E-state index contributed by atoms with van der Waals surface area (Å²) >= 11 is 7.92. The molecule has 0 fully saturated rings. The molecule has 1 N–H and O–H groups in total. The number of nitrogens with one attached hydrogen (secondary N) is 1. The van der Waals surface area contributed by atoms with Gasteiger partial charge in [-0.1, -0.05) is 17.7 Å². The maximum absolute atomic E-state index is 12.5. The average molecular weight is 550 g/mol. The molecule has 2 aromatic rings. The molecule has 0 heterocycles. The number of sulfonamides is 1. The van der Waals surface area contributed by atoms with Crippen LogP contribution >= 0.6 is 34.2 Å². The van der Waals surface area contributed by atoms with Gasteiger partial charge in [0.25, 0.3) is 15.9 Å². The summed E-state index contributed by atoms with van der Waals surface area (Å²) in [5, 5.41) is 3.23. The molecule has 0 aliphatic rings. The number of ether oxygens (including phenoxy) is 1. The second-order valence-corrected chi connectivity index (χ2v) is 9.47. The van der Waals surface area contributed by atoms with Crippen LogP contribution in [0, 0.1) is 3.57 Å². The lowest BCUT2D eigenvalue weighted by atomic mass is 10.1. The molecule has 10 heteroatoms. The van der Waals surface area contributed by atoms with Crippen LogP contribution in [0.2, 0.25) is 5.02 Å². The summed E-state index contributed by atoms with van der Waals surface area (Å²) in [6, 6.07) is 9.92. The van der Waals surface area contributed by atoms with Crippen molar-refractivity contribution in [3.63, 3.8) is 0 Å². The number of methoxy groups -OCH3 is 1. The SMILES string of the molecule is COc1ccc(Cl)cc1C(=O)NCCc1ccc(I)c(S(=O)(=O)N=CN(C)C)c1. The van der Waals surface area contributed by atoms with E-state index in [1.807, 2.05) is 28.7 Å². The molecule has 2 aromatic carbocycles. The van der Waals surface area contributed by atoms with E-state index in [0.29, 0.717) is 32.9 Å². The van der Waals surface area contributed by atoms with Gasteiger partial charge in [-0.25, -0.2) is 0 Å². The van der Waals surface area contributed by atoms with Crippen LogP contribution in [0.25, 0.3) is 0 Å². The molecule has 0 aliphatic carbocycles. The van der Waals surface area contributed by atoms with Crippen LogP contribution in [0.3, 0.4) is 0 Å². The van der Waals surface area contributed by atoms with Crippen LogP contribution < -0.4 is 10.1 Å². The third-order valence-electron chi connectivity index (χ3n) is 3.80. The number of carbonyl (C=O) groups excluding carboxylic acids is 1. The van der Waals surface area contributed by atoms with Crippen LogP contribution in [-0.2, 0) is 16.4 Å². The third kappa shape index (κ3) is 6.58. The Morgan fingerprint density at radius 3 is 2.66 bits per heavy atom. The predicted octanol–water partition coefficient (Wildman–Crippen LogP) is 3.20. The fourth-order valence-corrected chi connectivity index (χ4v) is 4.77. The summed E-state index contributed by atoms with van der Waals surface area (Å²) in [6.45, 7) is 0.315. The Morgan fingerprint density at radius 1 is 1.28 bits per heavy atom. The van der Waals surface area contributed by atoms with Crippen molar-refractivity contribution in [2.45, 2.75) is 11.3 Å². The Morgan fingerprint density at radius 2 is 2.00 bits per heavy atom. The largest absolute Gasteiger partial charge is 0.496 e. The number of hydrogen-bond acceptors (Lipinski definition) is 4. The Balaban J connectivity index is 2.11. The van der Waals surface area contributed by atoms with E-state index in [9.17, 15) is 13.2 Å². The Hall–Kier alpha value is -1.85. The molecule has 29 heavy (non-hydrogen) atoms. The minimum absolute atomic E-state index is 0.136. The van der Waals surface area contributed by atoms with Gasteiger partial charge in [-0.15, -0.1) is 4.40 Å². The van der Waals surface area contributed by atoms with Crippen molar-refractivity contribution in [2.75, 3.05) is 27.7 Å². The third-order valence-corrected chi connectivity index (χ3v) is 6.60. The minimum Gasteiger partial charge on any atom is -0.496 e. The van der Waals surface area contributed by atoms with Gasteiger partial charge in [0.15, 0.2) is 0 Å². The minimum atomic E-state index is -3.80. The highest BCUT2D eigenvalue weighted by molar-refractivity contribution is 14.1. The van der Waals surface area contributed by atoms with Crippen molar-refractivity contribution in [3.8, 4) is 5.75 Å². The highest BCUT2D eigenvalue weighted by atomic mass is 127. The lowest BCUT2D eigenvalue weighted by molar-refractivity contribution is 0.0951. The van der Waals surface area contributed by atoms with Crippen molar-refractivity contribution in [2.24, 2.45) is 4.40 Å². The molecular weight excluding hydrogens is 529 g/mol. The van der Waals surface area contributed by atoms with E-state index in [1.54, 1.807) is 43.3 Å². The number of carbonyl (C=O) groups is 1. The van der Waals surface area contributed by atoms with Gasteiger partial charge < -0.3 is 15.0 Å². The van der Waals surface area contributed by atoms with Crippen molar-refractivity contribution < 1.29 is 17.9 Å². The first kappa shape index (κ1) is 23.4. The highest BCUT2D eigenvalue weighted by Crippen LogP contribution is 2.23. The van der Waals surface area contributed by atoms with E-state index >= 15 is 0 Å². The highest BCUT2D eigenvalue weighted by Gasteiger charge is 2.17. The van der Waals surface area contributed by atoms with Crippen LogP contribution in [0.4, 0.5) is 0 Å². The molecule has 2 rings (SSSR count). The van der Waals surface area contributed by atoms with Gasteiger partial charge in [-0.2, -0.15) is 8.42 Å². The summed E-state index contributed by atoms with van der Waals surface area (Å²) in [4.78, 5) is 14.1. The van der Waals surface area contributed by atoms with Gasteiger partial charge in [-0.3, -0.25) is 4.79 Å². The number of rotatable bonds is 8. The molecule has 0 saturated heterocycles. The van der Waals surface area contributed by atoms with E-state index in [2.05, 4.69) is 9.71 Å². The van der Waals surface area contributed by atoms with E-state index in [1.165, 1.54) is 19.5 Å². The summed E-state index contributed by atoms with van der Waals surface area (Å²) in [6.07, 6.45) is 1.70. The summed E-state index contributed by atoms with van der Waals surface area (Å²) < 4.78 is 34.3. The Labute approximate surface area is 189 Å². The molecular formula is C19H21ClIN3O4S. The Bertz CT molecular complexity index is 1030. The van der Waals surface area contributed by atoms with Crippen molar-refractivity contribution in [3.05, 3.63) is 56.1 Å². The molecule has 0 unspecified atom stereocenters. The number of hydrogen-bond donors (Lipinski definition) is 1. The number of halogens is 2. The first-order valence-electron chi connectivity index (χ1n) is 8.51. The summed E-state index contributed by atoms with van der Waals surface area (Å²) in [5.74, 6) is 0.103. The van der Waals surface area contributed by atoms with E-state index < -0.39 is 10.0 Å². The van der Waals surface area contributed by atoms with Gasteiger partial charge in [-0.05, 0) is 64.9 Å². The fourth-order valence-electron chi connectivity index (χ4n) is 2.39. The van der Waals surface area contributed by atoms with Gasteiger partial charge >= 0.3 is 0 Å². The molecule has 0 saturated carbocycles. The van der Waals surface area contributed by atoms with E-state index in [4.69, 9.17) is 16.3 Å². The molecule has 0 atom stereocenters. The van der Waals surface area contributed by atoms with Gasteiger partial charge in [0, 0.05) is 29.2 Å². The molecule has 0 bridgehead atoms. The quantitative estimate of drug-likeness (QED) is 0.310. The normalized spacial score (nSPS) is 11.5. The molecule has 0 spiro atoms. The van der Waals surface area contributed by atoms with Crippen molar-refractivity contribution in [1.82, 2.24) is 10.2 Å². The number of nitrogens with zero attached hydrogens (tertiary/aromatic N) is 2. The van der Waals surface area contributed by atoms with Crippen LogP contribution in [0.15, 0.2) is 45.7 Å². The number of benzene rings is 2. The second kappa shape index (κ2) is 10.3. The van der Waals surface area contributed by atoms with Crippen LogP contribution in [0.5, 0.6) is 5.75 Å². The predicted molar refractivity (Wildman–Crippen MR) is 123 cm³/mol. The summed E-state index contributed by atoms with van der Waals surface area (Å²) in [7, 11) is 1.06. The topological polar surface area (TPSA) is 88.1 Å². The van der Waals surface area contributed by atoms with Gasteiger partial charge in [0.05, 0.1) is 12.7 Å². The average Bonchev–Trinajstić information content (AvgIpc) is 2.67. The monoisotopic (exact) mass is 549 g/mol. The fraction of sp³-hybridized carbons (Fsp3) is 0.263. The van der Waals surface area contributed by atoms with Crippen molar-refractivity contribution >= 4 is 56.5 Å².